The van der Waals surface area contributed by atoms with Crippen LogP contribution in [0.25, 0.3) is 0 Å². The summed E-state index contributed by atoms with van der Waals surface area (Å²) in [5.74, 6) is -10.4. The molecule has 0 bridgehead atoms. The minimum Gasteiger partial charge on any atom is -0.465 e. The van der Waals surface area contributed by atoms with Crippen LogP contribution >= 0.6 is 127 Å². The van der Waals surface area contributed by atoms with Crippen LogP contribution in [0.5, 0.6) is 0 Å². The van der Waals surface area contributed by atoms with Crippen molar-refractivity contribution in [2.75, 3.05) is 152 Å². The normalized spacial score (nSPS) is 13.7. The quantitative estimate of drug-likeness (QED) is 0.00898. The second-order valence-electron chi connectivity index (χ2n) is 42.2. The summed E-state index contributed by atoms with van der Waals surface area (Å²) in [6, 6.07) is 0. The minimum atomic E-state index is -1.64. The van der Waals surface area contributed by atoms with E-state index in [4.69, 9.17) is 79.9 Å². The zero-order chi connectivity index (χ0) is 112. The number of halogens is 8. The van der Waals surface area contributed by atoms with Crippen LogP contribution in [0.3, 0.4) is 0 Å². The van der Waals surface area contributed by atoms with Crippen LogP contribution in [0.1, 0.15) is 283 Å². The predicted octanol–water partition coefficient (Wildman–Crippen LogP) is 12.6. The lowest BCUT2D eigenvalue weighted by Crippen LogP contribution is -2.56. The van der Waals surface area contributed by atoms with Gasteiger partial charge in [-0.1, -0.05) is 197 Å². The Hall–Kier alpha value is -4.37. The summed E-state index contributed by atoms with van der Waals surface area (Å²) in [5, 5.41) is 29.8. The second-order valence-corrected chi connectivity index (χ2v) is 58.2. The summed E-state index contributed by atoms with van der Waals surface area (Å²) >= 11 is 26.4. The zero-order valence-electron chi connectivity index (χ0n) is 90.1. The summed E-state index contributed by atoms with van der Waals surface area (Å²) in [5.41, 5.74) is -2.47. The first-order valence-electron chi connectivity index (χ1n) is 49.0. The number of nitrogens with two attached hydrogens (primary N) is 1. The number of amides is 7. The molecular weight excluding hydrogens is 2420 g/mol. The van der Waals surface area contributed by atoms with Gasteiger partial charge in [-0.25, -0.2) is 0 Å². The smallest absolute Gasteiger partial charge is 0.322 e. The number of hydrogen-bond acceptors (Lipinski definition) is 31. The van der Waals surface area contributed by atoms with Crippen LogP contribution in [0.15, 0.2) is 0 Å². The molecule has 838 valence electrons. The molecule has 0 aliphatic rings. The van der Waals surface area contributed by atoms with Crippen LogP contribution in [-0.2, 0) is 138 Å². The molecule has 0 aromatic rings. The molecule has 0 aromatic heterocycles. The van der Waals surface area contributed by atoms with E-state index in [0.29, 0.717) is 64.4 Å². The summed E-state index contributed by atoms with van der Waals surface area (Å²) in [6.07, 6.45) is 3.42. The van der Waals surface area contributed by atoms with E-state index in [1.165, 1.54) is 83.1 Å². The van der Waals surface area contributed by atoms with Crippen LogP contribution in [0, 0.1) is 21.7 Å². The molecule has 0 aliphatic carbocycles. The SMILES string of the molecule is [B]C(C)(C)C(=O)OCC(COCC(=O)NCCC(=O)NCC(CNC(=O)CCNC(=O)COCC(COC(=O)C(C)(C)Br)(COC(=O)C(C)(C)Br)COC(=O)C(C)(C)Br)(CNC(=O)CCNC(=O)COCC(COC(=O)C(C)(C)Br)(COC(=O)C(C)(C)Br)COC(O)C(C)(C)Br)CC(CC)(CC)OCCC(CC)(CC)NC(=O)CCC(CC)(CC)OCCC(N)(CC)CC)(COC(=O)C(C)(C)Br)COC(=O)C(C)(C)Br. The Balaban J connectivity index is 8.42. The maximum absolute atomic E-state index is 14.6. The first kappa shape index (κ1) is 141. The molecule has 7 amide bonds. The van der Waals surface area contributed by atoms with Gasteiger partial charge in [0.1, 0.15) is 103 Å². The number of esters is 8. The number of alkyl halides is 8. The fraction of sp³-hybridized carbons (Fsp3) is 0.847. The summed E-state index contributed by atoms with van der Waals surface area (Å²) < 4.78 is 73.5. The minimum absolute atomic E-state index is 0.0292. The molecule has 0 saturated carbocycles. The van der Waals surface area contributed by atoms with Gasteiger partial charge in [-0.15, -0.1) is 0 Å². The van der Waals surface area contributed by atoms with E-state index in [2.05, 4.69) is 179 Å². The van der Waals surface area contributed by atoms with Crippen molar-refractivity contribution in [3.05, 3.63) is 0 Å². The van der Waals surface area contributed by atoms with Gasteiger partial charge in [-0.2, -0.15) is 0 Å². The molecule has 0 rings (SSSR count). The van der Waals surface area contributed by atoms with Gasteiger partial charge in [-0.3, -0.25) is 71.9 Å². The van der Waals surface area contributed by atoms with E-state index >= 15 is 0 Å². The van der Waals surface area contributed by atoms with Gasteiger partial charge in [0.15, 0.2) is 6.29 Å². The maximum Gasteiger partial charge on any atom is 0.322 e. The molecule has 2 radical (unpaired) electrons. The van der Waals surface area contributed by atoms with Crippen molar-refractivity contribution in [3.63, 3.8) is 0 Å². The summed E-state index contributed by atoms with van der Waals surface area (Å²) in [6.45, 7) is 33.8. The highest BCUT2D eigenvalue weighted by Gasteiger charge is 2.48. The Morgan fingerprint density at radius 2 is 0.566 bits per heavy atom. The standard InChI is InChI=1S/C98H167BBr8N8O30/c1-27-95(108,28-2)40-45-144-97(31-5,32-6)39-35-69(119)115-96(29-3,30-4)41-46-145-98(33-7,34-8)50-91(51-112-66(116)36-42-109-70(120)47-132-54-92(57-135-73(123)82(9,10)99,58-136-74(124)83(11,12)100)59-137-75(125)84(13,14)101,52-113-67(117)37-43-110-71(121)48-133-55-93(60-138-76(126)85(15,16)102,61-139-77(127)86(17,18)103)62-140-78(128)87(19,20)104)53-114-68(118)38-44-111-72(122)49-134-56-94(63-141-79(129)88(21,22)105,64-142-80(130)89(23,24)106)65-143-81(131)90(25,26)107/h76,126H,27-65,108H2,1-26H3,(H,109,120)(H,110,121)(H,111,122)(H,112,116)(H,113,117)(H,114,118)(H,115,119). The monoisotopic (exact) mass is 2580 g/mol. The third-order valence-electron chi connectivity index (χ3n) is 24.3. The van der Waals surface area contributed by atoms with Crippen LogP contribution in [-0.4, -0.2) is 317 Å². The number of aliphatic hydroxyl groups excluding tert-OH is 1. The Labute approximate surface area is 927 Å². The first-order valence-corrected chi connectivity index (χ1v) is 55.4. The van der Waals surface area contributed by atoms with E-state index in [9.17, 15) is 77.0 Å². The molecule has 47 heteroatoms. The number of ether oxygens (including phenoxy) is 14. The third-order valence-corrected chi connectivity index (χ3v) is 27.0. The molecule has 0 spiro atoms. The van der Waals surface area contributed by atoms with Crippen molar-refractivity contribution in [1.29, 1.82) is 0 Å². The van der Waals surface area contributed by atoms with E-state index < -0.39 is 273 Å². The largest absolute Gasteiger partial charge is 0.465 e. The molecule has 0 aliphatic heterocycles. The molecule has 0 heterocycles. The number of nitrogens with one attached hydrogen (secondary N) is 7. The number of aliphatic hydroxyl groups is 1. The molecule has 0 aromatic carbocycles. The topological polar surface area (TPSA) is 516 Å². The highest BCUT2D eigenvalue weighted by Crippen LogP contribution is 2.40. The first-order chi connectivity index (χ1) is 66.3. The average molecular weight is 2590 g/mol. The van der Waals surface area contributed by atoms with Gasteiger partial charge < -0.3 is 114 Å². The van der Waals surface area contributed by atoms with Crippen molar-refractivity contribution in [3.8, 4) is 0 Å². The van der Waals surface area contributed by atoms with Crippen molar-refractivity contribution in [1.82, 2.24) is 37.2 Å². The van der Waals surface area contributed by atoms with E-state index in [1.807, 2.05) is 41.5 Å². The van der Waals surface area contributed by atoms with Crippen LogP contribution in [0.4, 0.5) is 0 Å². The Bertz CT molecular complexity index is 3780. The van der Waals surface area contributed by atoms with Gasteiger partial charge in [-0.05, 0) is 188 Å². The second kappa shape index (κ2) is 63.5. The molecular formula is C98H167BBr8N8O30. The molecule has 0 fully saturated rings. The van der Waals surface area contributed by atoms with Gasteiger partial charge in [0.2, 0.25) is 41.4 Å². The van der Waals surface area contributed by atoms with Crippen molar-refractivity contribution in [2.45, 2.75) is 351 Å². The Morgan fingerprint density at radius 3 is 0.814 bits per heavy atom. The molecule has 145 heavy (non-hydrogen) atoms. The summed E-state index contributed by atoms with van der Waals surface area (Å²) in [7, 11) is 6.07. The van der Waals surface area contributed by atoms with Gasteiger partial charge in [0, 0.05) is 100.0 Å². The van der Waals surface area contributed by atoms with Gasteiger partial charge in [0.25, 0.3) is 0 Å². The van der Waals surface area contributed by atoms with E-state index in [-0.39, 0.29) is 83.0 Å². The van der Waals surface area contributed by atoms with Crippen molar-refractivity contribution in [2.24, 2.45) is 27.4 Å². The highest BCUT2D eigenvalue weighted by molar-refractivity contribution is 9.11. The number of rotatable bonds is 77. The zero-order valence-corrected chi connectivity index (χ0v) is 103. The van der Waals surface area contributed by atoms with Crippen LogP contribution in [0.2, 0.25) is 5.31 Å². The van der Waals surface area contributed by atoms with E-state index in [1.54, 1.807) is 41.5 Å². The van der Waals surface area contributed by atoms with Crippen LogP contribution < -0.4 is 43.0 Å². The lowest BCUT2D eigenvalue weighted by atomic mass is 9.73. The molecule has 0 saturated heterocycles. The molecule has 10 N–H and O–H groups in total. The number of hydrogen-bond donors (Lipinski definition) is 9. The number of carbonyl (C=O) groups is 15. The lowest BCUT2D eigenvalue weighted by Gasteiger charge is -2.44. The van der Waals surface area contributed by atoms with Crippen molar-refractivity contribution >= 4 is 224 Å². The molecule has 2 atom stereocenters. The lowest BCUT2D eigenvalue weighted by molar-refractivity contribution is -0.184. The Morgan fingerprint density at radius 1 is 0.303 bits per heavy atom. The number of carbonyl (C=O) groups excluding carboxylic acids is 15. The van der Waals surface area contributed by atoms with Crippen molar-refractivity contribution < 1.29 is 143 Å². The van der Waals surface area contributed by atoms with Gasteiger partial charge >= 0.3 is 47.8 Å². The summed E-state index contributed by atoms with van der Waals surface area (Å²) in [4.78, 5) is 205. The molecule has 38 nitrogen and oxygen atoms in total. The fourth-order valence-corrected chi connectivity index (χ4v) is 14.4. The van der Waals surface area contributed by atoms with Gasteiger partial charge in [0.05, 0.1) is 66.0 Å². The fourth-order valence-electron chi connectivity index (χ4n) is 13.4. The third kappa shape index (κ3) is 55.8. The maximum atomic E-state index is 14.6. The van der Waals surface area contributed by atoms with E-state index in [0.717, 1.165) is 12.8 Å². The highest BCUT2D eigenvalue weighted by atomic mass is 79.9. The predicted molar refractivity (Wildman–Crippen MR) is 578 cm³/mol. The Kier molecular flexibility index (Phi) is 61.6. The molecule has 2 unspecified atom stereocenters. The average Bonchev–Trinajstić information content (AvgIpc) is 0.780.